The fourth-order valence-corrected chi connectivity index (χ4v) is 0.778. The summed E-state index contributed by atoms with van der Waals surface area (Å²) >= 11 is 0. The van der Waals surface area contributed by atoms with Crippen LogP contribution in [0, 0.1) is 6.92 Å². The molecule has 2 rings (SSSR count). The van der Waals surface area contributed by atoms with Crippen LogP contribution in [0.2, 0.25) is 0 Å². The molecule has 6 heteroatoms. The average Bonchev–Trinajstić information content (AvgIpc) is 2.55. The fraction of sp³-hybridized carbons (Fsp3) is 0.200. The van der Waals surface area contributed by atoms with E-state index in [1.54, 1.807) is 13.1 Å². The van der Waals surface area contributed by atoms with Gasteiger partial charge in [0.25, 0.3) is 0 Å². The standard InChI is InChI=1S/C5H6N6/c1-3-7-5(10-8-3)4-2-6-11-9-4/h2H,1H3,(H,6,9,11)(H,7,8,10). The van der Waals surface area contributed by atoms with Crippen LogP contribution in [-0.2, 0) is 0 Å². The highest BCUT2D eigenvalue weighted by molar-refractivity contribution is 5.45. The molecular weight excluding hydrogens is 144 g/mol. The van der Waals surface area contributed by atoms with Gasteiger partial charge in [0, 0.05) is 0 Å². The molecule has 0 saturated carbocycles. The van der Waals surface area contributed by atoms with E-state index in [1.807, 2.05) is 0 Å². The summed E-state index contributed by atoms with van der Waals surface area (Å²) in [6, 6.07) is 0. The Morgan fingerprint density at radius 3 is 2.91 bits per heavy atom. The van der Waals surface area contributed by atoms with E-state index in [9.17, 15) is 0 Å². The Kier molecular flexibility index (Phi) is 1.18. The zero-order valence-corrected chi connectivity index (χ0v) is 5.87. The second-order valence-corrected chi connectivity index (χ2v) is 2.09. The first kappa shape index (κ1) is 6.02. The summed E-state index contributed by atoms with van der Waals surface area (Å²) in [5.74, 6) is 1.33. The van der Waals surface area contributed by atoms with Crippen molar-refractivity contribution < 1.29 is 0 Å². The summed E-state index contributed by atoms with van der Waals surface area (Å²) in [6.45, 7) is 1.81. The van der Waals surface area contributed by atoms with Gasteiger partial charge in [-0.2, -0.15) is 5.10 Å². The normalized spacial score (nSPS) is 10.3. The van der Waals surface area contributed by atoms with E-state index >= 15 is 0 Å². The summed E-state index contributed by atoms with van der Waals surface area (Å²) < 4.78 is 0. The second-order valence-electron chi connectivity index (χ2n) is 2.09. The molecule has 0 aliphatic heterocycles. The molecule has 0 aliphatic rings. The minimum absolute atomic E-state index is 0.635. The summed E-state index contributed by atoms with van der Waals surface area (Å²) in [5.41, 5.74) is 0.672. The second kappa shape index (κ2) is 2.15. The van der Waals surface area contributed by atoms with Crippen LogP contribution >= 0.6 is 0 Å². The molecular formula is C5H6N6. The third kappa shape index (κ3) is 0.977. The van der Waals surface area contributed by atoms with Crippen LogP contribution in [0.25, 0.3) is 11.5 Å². The van der Waals surface area contributed by atoms with E-state index in [4.69, 9.17) is 0 Å². The number of H-pyrrole nitrogens is 2. The van der Waals surface area contributed by atoms with Gasteiger partial charge >= 0.3 is 0 Å². The molecule has 0 amide bonds. The molecule has 0 saturated heterocycles. The van der Waals surface area contributed by atoms with Crippen molar-refractivity contribution in [1.29, 1.82) is 0 Å². The molecule has 0 aliphatic carbocycles. The Balaban J connectivity index is 2.45. The van der Waals surface area contributed by atoms with E-state index in [0.29, 0.717) is 17.3 Å². The van der Waals surface area contributed by atoms with Gasteiger partial charge in [0.2, 0.25) is 0 Å². The zero-order chi connectivity index (χ0) is 7.68. The third-order valence-electron chi connectivity index (χ3n) is 1.26. The van der Waals surface area contributed by atoms with Crippen molar-refractivity contribution in [3.8, 4) is 11.5 Å². The molecule has 11 heavy (non-hydrogen) atoms. The summed E-state index contributed by atoms with van der Waals surface area (Å²) in [6.07, 6.45) is 1.65. The Morgan fingerprint density at radius 2 is 2.36 bits per heavy atom. The van der Waals surface area contributed by atoms with Crippen LogP contribution in [0.5, 0.6) is 0 Å². The molecule has 56 valence electrons. The molecule has 0 spiro atoms. The van der Waals surface area contributed by atoms with E-state index in [1.165, 1.54) is 0 Å². The SMILES string of the molecule is Cc1n[nH]c(-c2c[nH]nn2)n1. The van der Waals surface area contributed by atoms with E-state index in [0.717, 1.165) is 0 Å². The molecule has 0 radical (unpaired) electrons. The summed E-state index contributed by atoms with van der Waals surface area (Å²) in [4.78, 5) is 4.06. The predicted molar refractivity (Wildman–Crippen MR) is 36.5 cm³/mol. The van der Waals surface area contributed by atoms with E-state index in [-0.39, 0.29) is 0 Å². The molecule has 0 aromatic carbocycles. The lowest BCUT2D eigenvalue weighted by atomic mass is 10.5. The van der Waals surface area contributed by atoms with Gasteiger partial charge in [0.15, 0.2) is 5.82 Å². The quantitative estimate of drug-likeness (QED) is 0.594. The smallest absolute Gasteiger partial charge is 0.178 e. The van der Waals surface area contributed by atoms with Gasteiger partial charge in [0.1, 0.15) is 11.5 Å². The number of rotatable bonds is 1. The lowest BCUT2D eigenvalue weighted by molar-refractivity contribution is 0.938. The Morgan fingerprint density at radius 1 is 1.45 bits per heavy atom. The Hall–Kier alpha value is -1.72. The summed E-state index contributed by atoms with van der Waals surface area (Å²) in [5, 5.41) is 16.5. The van der Waals surface area contributed by atoms with E-state index < -0.39 is 0 Å². The number of aromatic nitrogens is 6. The van der Waals surface area contributed by atoms with Crippen LogP contribution in [0.3, 0.4) is 0 Å². The first-order chi connectivity index (χ1) is 5.36. The predicted octanol–water partition coefficient (Wildman–Crippen LogP) is -0.102. The number of aryl methyl sites for hydroxylation is 1. The minimum Gasteiger partial charge on any atom is -0.265 e. The maximum Gasteiger partial charge on any atom is 0.178 e. The molecule has 2 aromatic heterocycles. The number of nitrogens with zero attached hydrogens (tertiary/aromatic N) is 4. The number of nitrogens with one attached hydrogen (secondary N) is 2. The van der Waals surface area contributed by atoms with Gasteiger partial charge in [-0.05, 0) is 6.92 Å². The van der Waals surface area contributed by atoms with Gasteiger partial charge in [-0.1, -0.05) is 5.21 Å². The highest BCUT2D eigenvalue weighted by atomic mass is 15.3. The Bertz CT molecular complexity index is 333. The zero-order valence-electron chi connectivity index (χ0n) is 5.87. The molecule has 6 nitrogen and oxygen atoms in total. The monoisotopic (exact) mass is 150 g/mol. The maximum atomic E-state index is 4.06. The molecule has 0 unspecified atom stereocenters. The van der Waals surface area contributed by atoms with Crippen LogP contribution in [0.1, 0.15) is 5.82 Å². The highest BCUT2D eigenvalue weighted by Gasteiger charge is 2.03. The van der Waals surface area contributed by atoms with Gasteiger partial charge < -0.3 is 0 Å². The molecule has 0 bridgehead atoms. The number of hydrogen-bond donors (Lipinski definition) is 2. The average molecular weight is 150 g/mol. The van der Waals surface area contributed by atoms with E-state index in [2.05, 4.69) is 30.6 Å². The molecule has 0 fully saturated rings. The van der Waals surface area contributed by atoms with Gasteiger partial charge in [-0.25, -0.2) is 4.98 Å². The van der Waals surface area contributed by atoms with Crippen LogP contribution in [0.15, 0.2) is 6.20 Å². The highest BCUT2D eigenvalue weighted by Crippen LogP contribution is 2.06. The summed E-state index contributed by atoms with van der Waals surface area (Å²) in [7, 11) is 0. The maximum absolute atomic E-state index is 4.06. The lowest BCUT2D eigenvalue weighted by Gasteiger charge is -1.80. The van der Waals surface area contributed by atoms with Crippen molar-refractivity contribution in [3.05, 3.63) is 12.0 Å². The molecule has 2 aromatic rings. The fourth-order valence-electron chi connectivity index (χ4n) is 0.778. The van der Waals surface area contributed by atoms with Crippen molar-refractivity contribution in [2.75, 3.05) is 0 Å². The van der Waals surface area contributed by atoms with Crippen LogP contribution in [0.4, 0.5) is 0 Å². The first-order valence-electron chi connectivity index (χ1n) is 3.12. The molecule has 2 N–H and O–H groups in total. The Labute approximate surface area is 62.1 Å². The van der Waals surface area contributed by atoms with Crippen molar-refractivity contribution in [1.82, 2.24) is 30.6 Å². The molecule has 2 heterocycles. The van der Waals surface area contributed by atoms with Gasteiger partial charge in [-0.3, -0.25) is 10.2 Å². The van der Waals surface area contributed by atoms with Crippen molar-refractivity contribution in [3.63, 3.8) is 0 Å². The largest absolute Gasteiger partial charge is 0.265 e. The first-order valence-corrected chi connectivity index (χ1v) is 3.12. The van der Waals surface area contributed by atoms with Crippen LogP contribution < -0.4 is 0 Å². The van der Waals surface area contributed by atoms with Crippen molar-refractivity contribution >= 4 is 0 Å². The van der Waals surface area contributed by atoms with Crippen molar-refractivity contribution in [2.45, 2.75) is 6.92 Å². The van der Waals surface area contributed by atoms with Crippen LogP contribution in [-0.4, -0.2) is 30.6 Å². The van der Waals surface area contributed by atoms with Gasteiger partial charge in [-0.15, -0.1) is 5.10 Å². The third-order valence-corrected chi connectivity index (χ3v) is 1.26. The van der Waals surface area contributed by atoms with Gasteiger partial charge in [0.05, 0.1) is 6.20 Å². The minimum atomic E-state index is 0.635. The number of aromatic amines is 2. The topological polar surface area (TPSA) is 83.1 Å². The van der Waals surface area contributed by atoms with Crippen molar-refractivity contribution in [2.24, 2.45) is 0 Å². The lowest BCUT2D eigenvalue weighted by Crippen LogP contribution is -1.80. The number of hydrogen-bond acceptors (Lipinski definition) is 4. The molecule has 0 atom stereocenters.